The van der Waals surface area contributed by atoms with Gasteiger partial charge in [-0.1, -0.05) is 72.8 Å². The minimum Gasteiger partial charge on any atom is -0.396 e. The molecule has 42 heavy (non-hydrogen) atoms. The van der Waals surface area contributed by atoms with Crippen LogP contribution in [0.4, 0.5) is 0 Å². The zero-order chi connectivity index (χ0) is 29.7. The van der Waals surface area contributed by atoms with E-state index in [1.807, 2.05) is 72.8 Å². The summed E-state index contributed by atoms with van der Waals surface area (Å²) in [5.74, 6) is 0.724. The first-order valence-electron chi connectivity index (χ1n) is 14.1. The van der Waals surface area contributed by atoms with Crippen LogP contribution in [0.3, 0.4) is 0 Å². The lowest BCUT2D eigenvalue weighted by molar-refractivity contribution is -0.245. The van der Waals surface area contributed by atoms with Gasteiger partial charge in [0.05, 0.1) is 25.4 Å². The lowest BCUT2D eigenvalue weighted by Gasteiger charge is -2.36. The first-order valence-corrected chi connectivity index (χ1v) is 15.2. The molecule has 4 rings (SSSR count). The number of thioether (sulfide) groups is 1. The molecule has 1 aliphatic rings. The number of carbonyl (C=O) groups is 2. The van der Waals surface area contributed by atoms with Crippen LogP contribution >= 0.6 is 11.8 Å². The Balaban J connectivity index is 1.44. The molecule has 2 amide bonds. The number of amides is 2. The van der Waals surface area contributed by atoms with Crippen LogP contribution in [0, 0.1) is 0 Å². The molecular weight excluding hydrogens is 556 g/mol. The van der Waals surface area contributed by atoms with Gasteiger partial charge in [0.1, 0.15) is 0 Å². The van der Waals surface area contributed by atoms with E-state index >= 15 is 0 Å². The first-order chi connectivity index (χ1) is 20.5. The van der Waals surface area contributed by atoms with Gasteiger partial charge in [0, 0.05) is 42.9 Å². The Labute approximate surface area is 250 Å². The van der Waals surface area contributed by atoms with Crippen molar-refractivity contribution in [3.05, 3.63) is 95.1 Å². The third-order valence-electron chi connectivity index (χ3n) is 7.07. The Kier molecular flexibility index (Phi) is 12.4. The Morgan fingerprint density at radius 3 is 2.31 bits per heavy atom. The van der Waals surface area contributed by atoms with Crippen LogP contribution in [0.25, 0.3) is 11.1 Å². The quantitative estimate of drug-likeness (QED) is 0.105. The number of hydroxylamine groups is 1. The Morgan fingerprint density at radius 2 is 1.60 bits per heavy atom. The number of hydrogen-bond acceptors (Lipinski definition) is 8. The predicted molar refractivity (Wildman–Crippen MR) is 160 cm³/mol. The number of carbonyl (C=O) groups excluding carboxylic acids is 2. The van der Waals surface area contributed by atoms with Crippen molar-refractivity contribution in [2.75, 3.05) is 18.1 Å². The zero-order valence-corrected chi connectivity index (χ0v) is 24.2. The molecule has 0 aromatic heterocycles. The summed E-state index contributed by atoms with van der Waals surface area (Å²) in [4.78, 5) is 23.4. The highest BCUT2D eigenvalue weighted by atomic mass is 32.2. The van der Waals surface area contributed by atoms with Gasteiger partial charge in [-0.3, -0.25) is 14.8 Å². The molecule has 3 unspecified atom stereocenters. The lowest BCUT2D eigenvalue weighted by Crippen LogP contribution is -2.31. The van der Waals surface area contributed by atoms with Gasteiger partial charge in [0.2, 0.25) is 11.8 Å². The molecule has 1 fully saturated rings. The van der Waals surface area contributed by atoms with Crippen LogP contribution in [-0.2, 0) is 32.2 Å². The van der Waals surface area contributed by atoms with E-state index in [-0.39, 0.29) is 44.2 Å². The van der Waals surface area contributed by atoms with Gasteiger partial charge in [-0.05, 0) is 34.2 Å². The van der Waals surface area contributed by atoms with Gasteiger partial charge in [0.25, 0.3) is 0 Å². The average molecular weight is 595 g/mol. The van der Waals surface area contributed by atoms with Gasteiger partial charge in [-0.15, -0.1) is 0 Å². The molecule has 1 aliphatic heterocycles. The van der Waals surface area contributed by atoms with Crippen molar-refractivity contribution in [1.82, 2.24) is 10.8 Å². The molecule has 9 nitrogen and oxygen atoms in total. The molecule has 0 aliphatic carbocycles. The van der Waals surface area contributed by atoms with Gasteiger partial charge in [0.15, 0.2) is 6.29 Å². The van der Waals surface area contributed by atoms with Crippen LogP contribution in [0.15, 0.2) is 72.8 Å². The van der Waals surface area contributed by atoms with Crippen molar-refractivity contribution in [3.63, 3.8) is 0 Å². The highest BCUT2D eigenvalue weighted by molar-refractivity contribution is 7.99. The topological polar surface area (TPSA) is 137 Å². The minimum absolute atomic E-state index is 0.00861. The fraction of sp³-hybridized carbons (Fsp3) is 0.375. The monoisotopic (exact) mass is 594 g/mol. The second kappa shape index (κ2) is 16.4. The highest BCUT2D eigenvalue weighted by Gasteiger charge is 2.32. The smallest absolute Gasteiger partial charge is 0.243 e. The third kappa shape index (κ3) is 9.12. The fourth-order valence-electron chi connectivity index (χ4n) is 4.83. The van der Waals surface area contributed by atoms with Gasteiger partial charge < -0.3 is 25.0 Å². The molecular formula is C32H38N2O7S. The van der Waals surface area contributed by atoms with Crippen molar-refractivity contribution in [2.24, 2.45) is 0 Å². The van der Waals surface area contributed by atoms with Crippen molar-refractivity contribution < 1.29 is 34.5 Å². The van der Waals surface area contributed by atoms with E-state index < -0.39 is 12.2 Å². The molecule has 0 saturated carbocycles. The molecule has 3 aromatic rings. The van der Waals surface area contributed by atoms with E-state index in [4.69, 9.17) is 14.7 Å². The summed E-state index contributed by atoms with van der Waals surface area (Å²) in [6.45, 7) is 0.465. The number of aliphatic hydroxyl groups excluding tert-OH is 2. The third-order valence-corrected chi connectivity index (χ3v) is 8.15. The van der Waals surface area contributed by atoms with Crippen molar-refractivity contribution >= 4 is 23.6 Å². The fourth-order valence-corrected chi connectivity index (χ4v) is 5.60. The summed E-state index contributed by atoms with van der Waals surface area (Å²) in [6.07, 6.45) is 0.542. The van der Waals surface area contributed by atoms with Crippen LogP contribution in [0.2, 0.25) is 0 Å². The number of hydrogen-bond donors (Lipinski definition) is 5. The number of nitrogens with one attached hydrogen (secondary N) is 2. The molecule has 10 heteroatoms. The zero-order valence-electron chi connectivity index (χ0n) is 23.4. The van der Waals surface area contributed by atoms with Crippen molar-refractivity contribution in [1.29, 1.82) is 0 Å². The summed E-state index contributed by atoms with van der Waals surface area (Å²) < 4.78 is 12.8. The van der Waals surface area contributed by atoms with E-state index in [9.17, 15) is 19.8 Å². The van der Waals surface area contributed by atoms with E-state index in [2.05, 4.69) is 5.32 Å². The second-order valence-corrected chi connectivity index (χ2v) is 11.2. The summed E-state index contributed by atoms with van der Waals surface area (Å²) in [7, 11) is 0. The maximum absolute atomic E-state index is 12.3. The van der Waals surface area contributed by atoms with Crippen LogP contribution in [0.1, 0.15) is 60.3 Å². The standard InChI is InChI=1S/C32H38N2O7S/c35-16-17-42-21-27-18-29(24-10-8-22(20-36)9-11-24)41-32(40-27)25-14-12-23(13-15-25)28-5-2-1-4-26(28)19-33-30(37)6-3-7-31(38)34-39/h1-2,4-5,8-15,27,29,32,35-36,39H,3,6-7,16-21H2,(H,33,37)(H,34,38). The number of ether oxygens (including phenoxy) is 2. The SMILES string of the molecule is O=C(CCCC(=O)NCc1ccccc1-c1ccc(C2OC(CSCCO)CC(c3ccc(CO)cc3)O2)cc1)NO. The van der Waals surface area contributed by atoms with Gasteiger partial charge in [-0.25, -0.2) is 5.48 Å². The summed E-state index contributed by atoms with van der Waals surface area (Å²) >= 11 is 1.65. The van der Waals surface area contributed by atoms with E-state index in [0.29, 0.717) is 25.1 Å². The molecule has 0 radical (unpaired) electrons. The molecule has 5 N–H and O–H groups in total. The van der Waals surface area contributed by atoms with Crippen LogP contribution < -0.4 is 10.8 Å². The van der Waals surface area contributed by atoms with E-state index in [1.165, 1.54) is 0 Å². The average Bonchev–Trinajstić information content (AvgIpc) is 3.04. The maximum Gasteiger partial charge on any atom is 0.243 e. The Morgan fingerprint density at radius 1 is 0.881 bits per heavy atom. The molecule has 0 spiro atoms. The summed E-state index contributed by atoms with van der Waals surface area (Å²) in [5.41, 5.74) is 7.29. The van der Waals surface area contributed by atoms with E-state index in [1.54, 1.807) is 17.2 Å². The summed E-state index contributed by atoms with van der Waals surface area (Å²) in [5, 5.41) is 30.1. The predicted octanol–water partition coefficient (Wildman–Crippen LogP) is 4.41. The summed E-state index contributed by atoms with van der Waals surface area (Å²) in [6, 6.07) is 23.7. The maximum atomic E-state index is 12.3. The van der Waals surface area contributed by atoms with Gasteiger partial charge in [-0.2, -0.15) is 11.8 Å². The van der Waals surface area contributed by atoms with E-state index in [0.717, 1.165) is 39.1 Å². The van der Waals surface area contributed by atoms with Crippen LogP contribution in [0.5, 0.6) is 0 Å². The second-order valence-electron chi connectivity index (χ2n) is 10.1. The molecule has 1 saturated heterocycles. The number of rotatable bonds is 14. The molecule has 224 valence electrons. The number of benzene rings is 3. The lowest BCUT2D eigenvalue weighted by atomic mass is 9.97. The highest BCUT2D eigenvalue weighted by Crippen LogP contribution is 2.39. The molecule has 3 atom stereocenters. The molecule has 1 heterocycles. The molecule has 3 aromatic carbocycles. The Hall–Kier alpha value is -3.25. The van der Waals surface area contributed by atoms with Crippen LogP contribution in [-0.4, -0.2) is 51.5 Å². The first kappa shape index (κ1) is 31.7. The number of aliphatic hydroxyl groups is 2. The van der Waals surface area contributed by atoms with Gasteiger partial charge >= 0.3 is 0 Å². The minimum atomic E-state index is -0.558. The molecule has 0 bridgehead atoms. The van der Waals surface area contributed by atoms with Crippen molar-refractivity contribution in [3.8, 4) is 11.1 Å². The Bertz CT molecular complexity index is 1290. The normalized spacial score (nSPS) is 18.4. The van der Waals surface area contributed by atoms with Crippen molar-refractivity contribution in [2.45, 2.75) is 57.3 Å². The largest absolute Gasteiger partial charge is 0.396 e.